The van der Waals surface area contributed by atoms with E-state index in [9.17, 15) is 8.78 Å². The number of aromatic nitrogens is 1. The van der Waals surface area contributed by atoms with Gasteiger partial charge in [0.25, 0.3) is 5.88 Å². The lowest BCUT2D eigenvalue weighted by Gasteiger charge is -2.11. The lowest BCUT2D eigenvalue weighted by atomic mass is 10.1. The molecule has 0 aliphatic rings. The molecular formula is C15H16F2N2O. The molecule has 5 heteroatoms. The second kappa shape index (κ2) is 5.86. The lowest BCUT2D eigenvalue weighted by Crippen LogP contribution is -2.05. The quantitative estimate of drug-likeness (QED) is 0.910. The number of hydrogen-bond donors (Lipinski definition) is 1. The van der Waals surface area contributed by atoms with E-state index in [1.807, 2.05) is 26.0 Å². The van der Waals surface area contributed by atoms with Gasteiger partial charge in [-0.1, -0.05) is 17.7 Å². The first-order valence-electron chi connectivity index (χ1n) is 6.36. The first-order valence-corrected chi connectivity index (χ1v) is 6.36. The van der Waals surface area contributed by atoms with E-state index >= 15 is 0 Å². The maximum absolute atomic E-state index is 13.7. The fourth-order valence-electron chi connectivity index (χ4n) is 1.83. The molecule has 3 nitrogen and oxygen atoms in total. The second-order valence-electron chi connectivity index (χ2n) is 4.51. The Bertz CT molecular complexity index is 630. The summed E-state index contributed by atoms with van der Waals surface area (Å²) in [6.45, 7) is 6.10. The van der Waals surface area contributed by atoms with Gasteiger partial charge >= 0.3 is 0 Å². The van der Waals surface area contributed by atoms with Crippen LogP contribution in [0.4, 0.5) is 14.6 Å². The number of rotatable bonds is 4. The summed E-state index contributed by atoms with van der Waals surface area (Å²) in [7, 11) is 0. The van der Waals surface area contributed by atoms with Crippen molar-refractivity contribution in [3.63, 3.8) is 0 Å². The third kappa shape index (κ3) is 3.04. The summed E-state index contributed by atoms with van der Waals surface area (Å²) in [6, 6.07) is 6.28. The summed E-state index contributed by atoms with van der Waals surface area (Å²) in [6.07, 6.45) is 0. The summed E-state index contributed by atoms with van der Waals surface area (Å²) in [5.41, 5.74) is 1.94. The predicted molar refractivity (Wildman–Crippen MR) is 74.3 cm³/mol. The van der Waals surface area contributed by atoms with Crippen LogP contribution in [0.2, 0.25) is 0 Å². The summed E-state index contributed by atoms with van der Waals surface area (Å²) in [5, 5.41) is 2.72. The van der Waals surface area contributed by atoms with Gasteiger partial charge in [-0.3, -0.25) is 0 Å². The Labute approximate surface area is 116 Å². The minimum atomic E-state index is -0.830. The second-order valence-corrected chi connectivity index (χ2v) is 4.51. The number of halogens is 2. The van der Waals surface area contributed by atoms with Gasteiger partial charge in [0.15, 0.2) is 17.5 Å². The van der Waals surface area contributed by atoms with Crippen LogP contribution in [0.25, 0.3) is 0 Å². The van der Waals surface area contributed by atoms with Crippen molar-refractivity contribution in [3.05, 3.63) is 47.0 Å². The number of nitrogens with one attached hydrogen (secondary N) is 1. The zero-order chi connectivity index (χ0) is 14.7. The van der Waals surface area contributed by atoms with Crippen LogP contribution in [0.15, 0.2) is 24.3 Å². The molecule has 1 N–H and O–H groups in total. The highest BCUT2D eigenvalue weighted by atomic mass is 19.1. The molecule has 1 aromatic carbocycles. The first-order chi connectivity index (χ1) is 9.51. The number of anilines is 1. The summed E-state index contributed by atoms with van der Waals surface area (Å²) >= 11 is 0. The molecule has 0 amide bonds. The average Bonchev–Trinajstić information content (AvgIpc) is 2.38. The van der Waals surface area contributed by atoms with Crippen LogP contribution in [0, 0.1) is 25.5 Å². The Hall–Kier alpha value is -2.17. The number of nitrogens with zero attached hydrogens (tertiary/aromatic N) is 1. The summed E-state index contributed by atoms with van der Waals surface area (Å²) in [5.74, 6) is -1.33. The third-order valence-electron chi connectivity index (χ3n) is 2.78. The van der Waals surface area contributed by atoms with Gasteiger partial charge in [0.2, 0.25) is 0 Å². The van der Waals surface area contributed by atoms with Crippen molar-refractivity contribution in [2.75, 3.05) is 11.9 Å². The predicted octanol–water partition coefficient (Wildman–Crippen LogP) is 4.20. The molecule has 0 saturated carbocycles. The maximum atomic E-state index is 13.7. The third-order valence-corrected chi connectivity index (χ3v) is 2.78. The van der Waals surface area contributed by atoms with Gasteiger partial charge < -0.3 is 10.1 Å². The molecule has 0 aliphatic carbocycles. The Morgan fingerprint density at radius 3 is 2.55 bits per heavy atom. The minimum Gasteiger partial charge on any atom is -0.436 e. The fourth-order valence-corrected chi connectivity index (χ4v) is 1.83. The van der Waals surface area contributed by atoms with Gasteiger partial charge in [0, 0.05) is 12.6 Å². The van der Waals surface area contributed by atoms with E-state index in [0.29, 0.717) is 12.3 Å². The topological polar surface area (TPSA) is 34.2 Å². The minimum absolute atomic E-state index is 0.0198. The first kappa shape index (κ1) is 14.2. The molecule has 0 bridgehead atoms. The zero-order valence-electron chi connectivity index (χ0n) is 11.6. The molecule has 0 fully saturated rings. The van der Waals surface area contributed by atoms with Gasteiger partial charge in [-0.2, -0.15) is 4.98 Å². The Morgan fingerprint density at radius 2 is 1.90 bits per heavy atom. The van der Waals surface area contributed by atoms with Crippen molar-refractivity contribution in [1.29, 1.82) is 0 Å². The molecule has 20 heavy (non-hydrogen) atoms. The number of benzene rings is 1. The van der Waals surface area contributed by atoms with Crippen LogP contribution < -0.4 is 10.1 Å². The standard InChI is InChI=1S/C15H16F2N2O/c1-4-18-14-11(16)8-12(17)15(19-14)20-13-6-5-9(2)7-10(13)3/h5-8H,4H2,1-3H3,(H,18,19). The molecular weight excluding hydrogens is 262 g/mol. The Balaban J connectivity index is 2.35. The average molecular weight is 278 g/mol. The number of hydrogen-bond acceptors (Lipinski definition) is 3. The summed E-state index contributed by atoms with van der Waals surface area (Å²) < 4.78 is 32.6. The van der Waals surface area contributed by atoms with Crippen LogP contribution in [-0.2, 0) is 0 Å². The monoisotopic (exact) mass is 278 g/mol. The van der Waals surface area contributed by atoms with Crippen molar-refractivity contribution in [2.24, 2.45) is 0 Å². The van der Waals surface area contributed by atoms with Crippen molar-refractivity contribution in [2.45, 2.75) is 20.8 Å². The van der Waals surface area contributed by atoms with Crippen molar-refractivity contribution in [1.82, 2.24) is 4.98 Å². The largest absolute Gasteiger partial charge is 0.436 e. The van der Waals surface area contributed by atoms with E-state index in [2.05, 4.69) is 10.3 Å². The molecule has 106 valence electrons. The molecule has 0 atom stereocenters. The van der Waals surface area contributed by atoms with Crippen LogP contribution >= 0.6 is 0 Å². The number of aryl methyl sites for hydroxylation is 2. The number of pyridine rings is 1. The van der Waals surface area contributed by atoms with E-state index < -0.39 is 11.6 Å². The van der Waals surface area contributed by atoms with Crippen molar-refractivity contribution >= 4 is 5.82 Å². The molecule has 1 heterocycles. The lowest BCUT2D eigenvalue weighted by molar-refractivity contribution is 0.415. The van der Waals surface area contributed by atoms with Crippen molar-refractivity contribution < 1.29 is 13.5 Å². The van der Waals surface area contributed by atoms with Gasteiger partial charge in [-0.15, -0.1) is 0 Å². The molecule has 0 saturated heterocycles. The SMILES string of the molecule is CCNc1nc(Oc2ccc(C)cc2C)c(F)cc1F. The molecule has 2 aromatic rings. The highest BCUT2D eigenvalue weighted by Gasteiger charge is 2.14. The highest BCUT2D eigenvalue weighted by molar-refractivity contribution is 5.42. The van der Waals surface area contributed by atoms with Crippen LogP contribution in [0.5, 0.6) is 11.6 Å². The maximum Gasteiger partial charge on any atom is 0.258 e. The van der Waals surface area contributed by atoms with Crippen molar-refractivity contribution in [3.8, 4) is 11.6 Å². The molecule has 0 spiro atoms. The van der Waals surface area contributed by atoms with Gasteiger partial charge in [-0.05, 0) is 32.4 Å². The van der Waals surface area contributed by atoms with Crippen LogP contribution in [0.3, 0.4) is 0 Å². The normalized spacial score (nSPS) is 10.4. The Morgan fingerprint density at radius 1 is 1.15 bits per heavy atom. The van der Waals surface area contributed by atoms with E-state index in [-0.39, 0.29) is 11.7 Å². The van der Waals surface area contributed by atoms with Crippen LogP contribution in [-0.4, -0.2) is 11.5 Å². The van der Waals surface area contributed by atoms with E-state index in [1.165, 1.54) is 0 Å². The highest BCUT2D eigenvalue weighted by Crippen LogP contribution is 2.28. The molecule has 2 rings (SSSR count). The van der Waals surface area contributed by atoms with E-state index in [0.717, 1.165) is 17.2 Å². The smallest absolute Gasteiger partial charge is 0.258 e. The fraction of sp³-hybridized carbons (Fsp3) is 0.267. The van der Waals surface area contributed by atoms with Gasteiger partial charge in [0.05, 0.1) is 0 Å². The molecule has 0 unspecified atom stereocenters. The number of ether oxygens (including phenoxy) is 1. The van der Waals surface area contributed by atoms with E-state index in [4.69, 9.17) is 4.74 Å². The zero-order valence-corrected chi connectivity index (χ0v) is 11.6. The van der Waals surface area contributed by atoms with Gasteiger partial charge in [0.1, 0.15) is 5.75 Å². The molecule has 0 aliphatic heterocycles. The molecule has 1 aromatic heterocycles. The van der Waals surface area contributed by atoms with Gasteiger partial charge in [-0.25, -0.2) is 8.78 Å². The summed E-state index contributed by atoms with van der Waals surface area (Å²) in [4.78, 5) is 3.84. The van der Waals surface area contributed by atoms with Crippen LogP contribution in [0.1, 0.15) is 18.1 Å². The molecule has 0 radical (unpaired) electrons. The van der Waals surface area contributed by atoms with E-state index in [1.54, 1.807) is 13.0 Å². The Kier molecular flexibility index (Phi) is 4.17.